The molecule has 0 bridgehead atoms. The normalized spacial score (nSPS) is 13.9. The molecular weight excluding hydrogens is 486 g/mol. The van der Waals surface area contributed by atoms with E-state index < -0.39 is 47.1 Å². The molecule has 0 aliphatic rings. The molecule has 0 aliphatic carbocycles. The standard InChI is InChI=1S/C29H45N3O6/c1-11-19(4)23(31-27(36)38-28(5,6)7)26(35)32(29(8,9)13-3)24(25(34)30-18-22(33)37-10)21-16-14-15-20(12-2)17-21/h12,14-17,19,23-24H,2,11,13,18H2,1,3-10H3,(H,30,34)(H,31,36). The van der Waals surface area contributed by atoms with Gasteiger partial charge in [-0.3, -0.25) is 14.4 Å². The lowest BCUT2D eigenvalue weighted by Crippen LogP contribution is -2.60. The van der Waals surface area contributed by atoms with Crippen LogP contribution < -0.4 is 10.6 Å². The Morgan fingerprint density at radius 3 is 2.24 bits per heavy atom. The summed E-state index contributed by atoms with van der Waals surface area (Å²) in [5.41, 5.74) is -0.257. The fraction of sp³-hybridized carbons (Fsp3) is 0.586. The molecule has 0 fully saturated rings. The van der Waals surface area contributed by atoms with E-state index in [4.69, 9.17) is 4.74 Å². The number of rotatable bonds is 12. The highest BCUT2D eigenvalue weighted by atomic mass is 16.6. The largest absolute Gasteiger partial charge is 0.468 e. The van der Waals surface area contributed by atoms with Crippen LogP contribution in [0.3, 0.4) is 0 Å². The van der Waals surface area contributed by atoms with Crippen molar-refractivity contribution in [2.24, 2.45) is 5.92 Å². The number of esters is 1. The van der Waals surface area contributed by atoms with E-state index in [9.17, 15) is 19.2 Å². The van der Waals surface area contributed by atoms with Gasteiger partial charge in [0.25, 0.3) is 0 Å². The molecule has 212 valence electrons. The van der Waals surface area contributed by atoms with Crippen LogP contribution >= 0.6 is 0 Å². The Morgan fingerprint density at radius 2 is 1.74 bits per heavy atom. The Labute approximate surface area is 227 Å². The van der Waals surface area contributed by atoms with Gasteiger partial charge in [0.15, 0.2) is 0 Å². The summed E-state index contributed by atoms with van der Waals surface area (Å²) in [5.74, 6) is -1.86. The average molecular weight is 532 g/mol. The van der Waals surface area contributed by atoms with Gasteiger partial charge in [-0.2, -0.15) is 0 Å². The van der Waals surface area contributed by atoms with Crippen LogP contribution in [0, 0.1) is 5.92 Å². The maximum Gasteiger partial charge on any atom is 0.408 e. The van der Waals surface area contributed by atoms with Crippen LogP contribution in [0.15, 0.2) is 30.8 Å². The minimum Gasteiger partial charge on any atom is -0.468 e. The number of carbonyl (C=O) groups excluding carboxylic acids is 4. The first-order valence-corrected chi connectivity index (χ1v) is 13.0. The van der Waals surface area contributed by atoms with Gasteiger partial charge in [-0.1, -0.05) is 58.0 Å². The van der Waals surface area contributed by atoms with E-state index in [0.717, 1.165) is 5.56 Å². The number of nitrogens with one attached hydrogen (secondary N) is 2. The molecule has 1 rings (SSSR count). The Balaban J connectivity index is 3.71. The Morgan fingerprint density at radius 1 is 1.11 bits per heavy atom. The molecule has 0 saturated carbocycles. The van der Waals surface area contributed by atoms with Crippen molar-refractivity contribution in [1.29, 1.82) is 0 Å². The molecule has 0 aliphatic heterocycles. The second kappa shape index (κ2) is 14.0. The molecule has 0 saturated heterocycles. The van der Waals surface area contributed by atoms with Crippen molar-refractivity contribution in [3.05, 3.63) is 42.0 Å². The maximum absolute atomic E-state index is 14.4. The summed E-state index contributed by atoms with van der Waals surface area (Å²) in [6.07, 6.45) is 2.04. The van der Waals surface area contributed by atoms with Crippen LogP contribution in [-0.4, -0.2) is 59.6 Å². The first-order chi connectivity index (χ1) is 17.6. The van der Waals surface area contributed by atoms with E-state index in [2.05, 4.69) is 21.9 Å². The van der Waals surface area contributed by atoms with Crippen LogP contribution in [0.2, 0.25) is 0 Å². The quantitative estimate of drug-likeness (QED) is 0.381. The highest BCUT2D eigenvalue weighted by Crippen LogP contribution is 2.33. The van der Waals surface area contributed by atoms with Crippen LogP contribution in [-0.2, 0) is 23.9 Å². The number of benzene rings is 1. The van der Waals surface area contributed by atoms with Gasteiger partial charge < -0.3 is 25.0 Å². The number of carbonyl (C=O) groups is 4. The summed E-state index contributed by atoms with van der Waals surface area (Å²) in [5, 5.41) is 5.36. The van der Waals surface area contributed by atoms with Crippen LogP contribution in [0.1, 0.15) is 85.4 Å². The topological polar surface area (TPSA) is 114 Å². The van der Waals surface area contributed by atoms with E-state index in [1.807, 2.05) is 40.7 Å². The zero-order valence-corrected chi connectivity index (χ0v) is 24.3. The molecule has 1 aromatic carbocycles. The molecule has 3 atom stereocenters. The van der Waals surface area contributed by atoms with Crippen LogP contribution in [0.4, 0.5) is 4.79 Å². The van der Waals surface area contributed by atoms with Gasteiger partial charge in [-0.25, -0.2) is 4.79 Å². The molecule has 0 aromatic heterocycles. The fourth-order valence-corrected chi connectivity index (χ4v) is 3.81. The summed E-state index contributed by atoms with van der Waals surface area (Å²) in [7, 11) is 1.23. The third-order valence-corrected chi connectivity index (χ3v) is 6.51. The second-order valence-corrected chi connectivity index (χ2v) is 11.0. The van der Waals surface area contributed by atoms with Gasteiger partial charge in [-0.15, -0.1) is 0 Å². The SMILES string of the molecule is C=Cc1cccc(C(C(=O)NCC(=O)OC)N(C(=O)C(NC(=O)OC(C)(C)C)C(C)CC)C(C)(C)CC)c1. The van der Waals surface area contributed by atoms with Crippen molar-refractivity contribution in [2.75, 3.05) is 13.7 Å². The lowest BCUT2D eigenvalue weighted by molar-refractivity contribution is -0.151. The molecule has 9 nitrogen and oxygen atoms in total. The molecule has 38 heavy (non-hydrogen) atoms. The molecule has 3 amide bonds. The lowest BCUT2D eigenvalue weighted by Gasteiger charge is -2.45. The summed E-state index contributed by atoms with van der Waals surface area (Å²) >= 11 is 0. The molecular formula is C29H45N3O6. The molecule has 0 heterocycles. The monoisotopic (exact) mass is 531 g/mol. The van der Waals surface area contributed by atoms with E-state index >= 15 is 0 Å². The van der Waals surface area contributed by atoms with Gasteiger partial charge in [0.1, 0.15) is 24.2 Å². The van der Waals surface area contributed by atoms with Crippen LogP contribution in [0.25, 0.3) is 6.08 Å². The summed E-state index contributed by atoms with van der Waals surface area (Å²) in [6.45, 7) is 18.1. The number of methoxy groups -OCH3 is 1. The fourth-order valence-electron chi connectivity index (χ4n) is 3.81. The highest BCUT2D eigenvalue weighted by Gasteiger charge is 2.44. The first kappa shape index (κ1) is 32.7. The average Bonchev–Trinajstić information content (AvgIpc) is 2.86. The minimum atomic E-state index is -1.10. The molecule has 9 heteroatoms. The second-order valence-electron chi connectivity index (χ2n) is 11.0. The van der Waals surface area contributed by atoms with Gasteiger partial charge in [0.05, 0.1) is 7.11 Å². The summed E-state index contributed by atoms with van der Waals surface area (Å²) in [4.78, 5) is 54.2. The van der Waals surface area contributed by atoms with Crippen molar-refractivity contribution in [1.82, 2.24) is 15.5 Å². The number of hydrogen-bond donors (Lipinski definition) is 2. The number of alkyl carbamates (subject to hydrolysis) is 1. The van der Waals surface area contributed by atoms with Gasteiger partial charge in [0, 0.05) is 5.54 Å². The van der Waals surface area contributed by atoms with Crippen molar-refractivity contribution < 1.29 is 28.7 Å². The highest BCUT2D eigenvalue weighted by molar-refractivity contribution is 5.94. The van der Waals surface area contributed by atoms with Gasteiger partial charge in [0.2, 0.25) is 11.8 Å². The van der Waals surface area contributed by atoms with Crippen molar-refractivity contribution in [3.8, 4) is 0 Å². The van der Waals surface area contributed by atoms with Gasteiger partial charge in [-0.05, 0) is 64.2 Å². The van der Waals surface area contributed by atoms with E-state index in [0.29, 0.717) is 18.4 Å². The van der Waals surface area contributed by atoms with Crippen molar-refractivity contribution >= 4 is 30.0 Å². The van der Waals surface area contributed by atoms with Crippen molar-refractivity contribution in [3.63, 3.8) is 0 Å². The van der Waals surface area contributed by atoms with E-state index in [-0.39, 0.29) is 12.5 Å². The third-order valence-electron chi connectivity index (χ3n) is 6.51. The minimum absolute atomic E-state index is 0.261. The Bertz CT molecular complexity index is 998. The first-order valence-electron chi connectivity index (χ1n) is 13.0. The summed E-state index contributed by atoms with van der Waals surface area (Å²) in [6, 6.07) is 5.08. The molecule has 3 unspecified atom stereocenters. The predicted octanol–water partition coefficient (Wildman–Crippen LogP) is 4.62. The van der Waals surface area contributed by atoms with Crippen molar-refractivity contribution in [2.45, 2.75) is 91.5 Å². The zero-order valence-electron chi connectivity index (χ0n) is 24.3. The molecule has 2 N–H and O–H groups in total. The van der Waals surface area contributed by atoms with Gasteiger partial charge >= 0.3 is 12.1 Å². The lowest BCUT2D eigenvalue weighted by atomic mass is 9.89. The van der Waals surface area contributed by atoms with Crippen LogP contribution in [0.5, 0.6) is 0 Å². The Hall–Kier alpha value is -3.36. The summed E-state index contributed by atoms with van der Waals surface area (Å²) < 4.78 is 10.1. The Kier molecular flexibility index (Phi) is 12.0. The predicted molar refractivity (Wildman–Crippen MR) is 148 cm³/mol. The molecule has 0 radical (unpaired) electrons. The molecule has 1 aromatic rings. The number of nitrogens with zero attached hydrogens (tertiary/aromatic N) is 1. The maximum atomic E-state index is 14.4. The number of amides is 3. The number of ether oxygens (including phenoxy) is 2. The number of hydrogen-bond acceptors (Lipinski definition) is 6. The molecule has 0 spiro atoms. The zero-order chi connectivity index (χ0) is 29.3. The smallest absolute Gasteiger partial charge is 0.408 e. The van der Waals surface area contributed by atoms with E-state index in [1.165, 1.54) is 12.0 Å². The third kappa shape index (κ3) is 9.19. The van der Waals surface area contributed by atoms with E-state index in [1.54, 1.807) is 45.0 Å².